The average Bonchev–Trinajstić information content (AvgIpc) is 3.05. The molecule has 0 saturated carbocycles. The lowest BCUT2D eigenvalue weighted by molar-refractivity contribution is -0.0498. The number of aryl methyl sites for hydroxylation is 1. The molecule has 2 aromatic rings. The second-order valence-corrected chi connectivity index (χ2v) is 7.38. The fourth-order valence-corrected chi connectivity index (χ4v) is 3.55. The molecule has 1 heterocycles. The van der Waals surface area contributed by atoms with E-state index in [1.54, 1.807) is 25.1 Å². The molecule has 1 aromatic heterocycles. The summed E-state index contributed by atoms with van der Waals surface area (Å²) in [5, 5.41) is 2.70. The lowest BCUT2D eigenvalue weighted by Gasteiger charge is -2.19. The van der Waals surface area contributed by atoms with Crippen molar-refractivity contribution in [3.05, 3.63) is 34.0 Å². The van der Waals surface area contributed by atoms with E-state index in [-0.39, 0.29) is 10.6 Å². The van der Waals surface area contributed by atoms with Crippen LogP contribution < -0.4 is 19.5 Å². The Labute approximate surface area is 173 Å². The lowest BCUT2D eigenvalue weighted by atomic mass is 10.2. The minimum atomic E-state index is -3.00. The van der Waals surface area contributed by atoms with Crippen LogP contribution in [0.1, 0.15) is 28.4 Å². The molecule has 6 nitrogen and oxygen atoms in total. The predicted molar refractivity (Wildman–Crippen MR) is 110 cm³/mol. The Hall–Kier alpha value is -2.39. The molecule has 0 unspecified atom stereocenters. The van der Waals surface area contributed by atoms with Crippen LogP contribution in [0.2, 0.25) is 0 Å². The second kappa shape index (κ2) is 11.0. The van der Waals surface area contributed by atoms with Crippen molar-refractivity contribution in [2.45, 2.75) is 27.4 Å². The molecule has 0 aliphatic heterocycles. The summed E-state index contributed by atoms with van der Waals surface area (Å²) < 4.78 is 40.8. The van der Waals surface area contributed by atoms with Crippen LogP contribution in [-0.4, -0.2) is 50.8 Å². The molecule has 160 valence electrons. The Morgan fingerprint density at radius 1 is 1.17 bits per heavy atom. The summed E-state index contributed by atoms with van der Waals surface area (Å²) in [6.07, 6.45) is 0. The number of nitrogens with zero attached hydrogens (tertiary/aromatic N) is 1. The van der Waals surface area contributed by atoms with Crippen molar-refractivity contribution >= 4 is 22.9 Å². The molecular weight excluding hydrogens is 402 g/mol. The Balaban J connectivity index is 2.12. The number of anilines is 1. The molecule has 0 spiro atoms. The molecule has 0 atom stereocenters. The van der Waals surface area contributed by atoms with E-state index in [0.29, 0.717) is 28.7 Å². The zero-order valence-electron chi connectivity index (χ0n) is 17.0. The fourth-order valence-electron chi connectivity index (χ4n) is 2.71. The SMILES string of the molecule is CCN(CC)CCOc1cc(NC(=O)c2sc(C)cc2OC(F)F)ccc1OC. The van der Waals surface area contributed by atoms with Crippen LogP contribution >= 0.6 is 11.3 Å². The minimum absolute atomic E-state index is 0.0858. The van der Waals surface area contributed by atoms with Gasteiger partial charge >= 0.3 is 6.61 Å². The number of carbonyl (C=O) groups excluding carboxylic acids is 1. The standard InChI is InChI=1S/C20H26F2N2O4S/c1-5-24(6-2)9-10-27-16-12-14(7-8-15(16)26-4)23-19(25)18-17(28-20(21)22)11-13(3)29-18/h7-8,11-12,20H,5-6,9-10H2,1-4H3,(H,23,25). The number of ether oxygens (including phenoxy) is 3. The minimum Gasteiger partial charge on any atom is -0.493 e. The van der Waals surface area contributed by atoms with Crippen LogP contribution in [0.25, 0.3) is 0 Å². The highest BCUT2D eigenvalue weighted by Crippen LogP contribution is 2.33. The first-order chi connectivity index (χ1) is 13.9. The Kier molecular flexibility index (Phi) is 8.66. The van der Waals surface area contributed by atoms with Gasteiger partial charge in [-0.15, -0.1) is 11.3 Å². The van der Waals surface area contributed by atoms with E-state index >= 15 is 0 Å². The average molecular weight is 429 g/mol. The first kappa shape index (κ1) is 22.9. The molecule has 29 heavy (non-hydrogen) atoms. The monoisotopic (exact) mass is 428 g/mol. The fraction of sp³-hybridized carbons (Fsp3) is 0.450. The van der Waals surface area contributed by atoms with Crippen molar-refractivity contribution < 1.29 is 27.8 Å². The van der Waals surface area contributed by atoms with Crippen molar-refractivity contribution in [2.24, 2.45) is 0 Å². The predicted octanol–water partition coefficient (Wildman–Crippen LogP) is 4.64. The van der Waals surface area contributed by atoms with Crippen molar-refractivity contribution in [2.75, 3.05) is 38.7 Å². The highest BCUT2D eigenvalue weighted by atomic mass is 32.1. The first-order valence-electron chi connectivity index (χ1n) is 9.27. The molecule has 0 saturated heterocycles. The van der Waals surface area contributed by atoms with Gasteiger partial charge in [0.2, 0.25) is 0 Å². The van der Waals surface area contributed by atoms with E-state index in [9.17, 15) is 13.6 Å². The zero-order chi connectivity index (χ0) is 21.4. The maximum Gasteiger partial charge on any atom is 0.387 e. The summed E-state index contributed by atoms with van der Waals surface area (Å²) >= 11 is 1.09. The molecular formula is C20H26F2N2O4S. The lowest BCUT2D eigenvalue weighted by Crippen LogP contribution is -2.28. The Morgan fingerprint density at radius 2 is 1.90 bits per heavy atom. The van der Waals surface area contributed by atoms with E-state index in [1.807, 2.05) is 0 Å². The maximum atomic E-state index is 12.6. The molecule has 1 N–H and O–H groups in total. The molecule has 0 fully saturated rings. The maximum absolute atomic E-state index is 12.6. The number of thiophene rings is 1. The number of likely N-dealkylation sites (N-methyl/N-ethyl adjacent to an activating group) is 1. The van der Waals surface area contributed by atoms with E-state index in [0.717, 1.165) is 31.0 Å². The number of nitrogens with one attached hydrogen (secondary N) is 1. The van der Waals surface area contributed by atoms with Crippen LogP contribution in [-0.2, 0) is 0 Å². The summed E-state index contributed by atoms with van der Waals surface area (Å²) in [7, 11) is 1.53. The van der Waals surface area contributed by atoms with E-state index in [4.69, 9.17) is 9.47 Å². The highest BCUT2D eigenvalue weighted by Gasteiger charge is 2.20. The van der Waals surface area contributed by atoms with Crippen LogP contribution in [0.4, 0.5) is 14.5 Å². The topological polar surface area (TPSA) is 60.0 Å². The number of alkyl halides is 2. The number of carbonyl (C=O) groups is 1. The molecule has 0 bridgehead atoms. The van der Waals surface area contributed by atoms with Gasteiger partial charge in [-0.3, -0.25) is 4.79 Å². The molecule has 1 aromatic carbocycles. The largest absolute Gasteiger partial charge is 0.493 e. The van der Waals surface area contributed by atoms with Gasteiger partial charge in [0.25, 0.3) is 5.91 Å². The summed E-state index contributed by atoms with van der Waals surface area (Å²) in [5.41, 5.74) is 0.461. The van der Waals surface area contributed by atoms with Crippen molar-refractivity contribution in [3.8, 4) is 17.2 Å². The van der Waals surface area contributed by atoms with Crippen LogP contribution in [0.3, 0.4) is 0 Å². The van der Waals surface area contributed by atoms with Crippen LogP contribution in [0.15, 0.2) is 24.3 Å². The quantitative estimate of drug-likeness (QED) is 0.565. The molecule has 2 rings (SSSR count). The number of methoxy groups -OCH3 is 1. The number of hydrogen-bond donors (Lipinski definition) is 1. The van der Waals surface area contributed by atoms with Crippen molar-refractivity contribution in [1.82, 2.24) is 4.90 Å². The third-order valence-electron chi connectivity index (χ3n) is 4.22. The van der Waals surface area contributed by atoms with Gasteiger partial charge in [0.15, 0.2) is 11.5 Å². The number of halogens is 2. The summed E-state index contributed by atoms with van der Waals surface area (Å²) in [6.45, 7) is 5.96. The number of amides is 1. The molecule has 0 aliphatic carbocycles. The van der Waals surface area contributed by atoms with Crippen LogP contribution in [0.5, 0.6) is 17.2 Å². The number of rotatable bonds is 11. The number of benzene rings is 1. The molecule has 0 radical (unpaired) electrons. The zero-order valence-corrected chi connectivity index (χ0v) is 17.8. The van der Waals surface area contributed by atoms with Gasteiger partial charge in [0, 0.05) is 23.2 Å². The summed E-state index contributed by atoms with van der Waals surface area (Å²) in [5.74, 6) is 0.363. The van der Waals surface area contributed by atoms with Gasteiger partial charge in [0.1, 0.15) is 17.2 Å². The van der Waals surface area contributed by atoms with Gasteiger partial charge in [-0.2, -0.15) is 8.78 Å². The van der Waals surface area contributed by atoms with E-state index in [1.165, 1.54) is 13.2 Å². The highest BCUT2D eigenvalue weighted by molar-refractivity contribution is 7.14. The van der Waals surface area contributed by atoms with Gasteiger partial charge in [0.05, 0.1) is 7.11 Å². The Bertz CT molecular complexity index is 810. The molecule has 9 heteroatoms. The number of hydrogen-bond acceptors (Lipinski definition) is 6. The summed E-state index contributed by atoms with van der Waals surface area (Å²) in [6, 6.07) is 6.40. The van der Waals surface area contributed by atoms with Gasteiger partial charge in [-0.05, 0) is 38.2 Å². The van der Waals surface area contributed by atoms with E-state index < -0.39 is 12.5 Å². The smallest absolute Gasteiger partial charge is 0.387 e. The van der Waals surface area contributed by atoms with Crippen LogP contribution in [0, 0.1) is 6.92 Å². The third-order valence-corrected chi connectivity index (χ3v) is 5.26. The second-order valence-electron chi connectivity index (χ2n) is 6.12. The van der Waals surface area contributed by atoms with Gasteiger partial charge in [-0.25, -0.2) is 0 Å². The first-order valence-corrected chi connectivity index (χ1v) is 10.1. The molecule has 1 amide bonds. The summed E-state index contributed by atoms with van der Waals surface area (Å²) in [4.78, 5) is 15.6. The van der Waals surface area contributed by atoms with Gasteiger partial charge in [-0.1, -0.05) is 13.8 Å². The normalized spacial score (nSPS) is 11.0. The van der Waals surface area contributed by atoms with Gasteiger partial charge < -0.3 is 24.4 Å². The molecule has 0 aliphatic rings. The van der Waals surface area contributed by atoms with E-state index in [2.05, 4.69) is 28.8 Å². The Morgan fingerprint density at radius 3 is 2.52 bits per heavy atom. The van der Waals surface area contributed by atoms with Crippen molar-refractivity contribution in [3.63, 3.8) is 0 Å². The third kappa shape index (κ3) is 6.57. The van der Waals surface area contributed by atoms with Crippen molar-refractivity contribution in [1.29, 1.82) is 0 Å².